The Balaban J connectivity index is 2.32. The molecule has 0 aromatic heterocycles. The molecular formula is C14H18O3. The van der Waals surface area contributed by atoms with Crippen LogP contribution < -0.4 is 0 Å². The van der Waals surface area contributed by atoms with E-state index in [0.717, 1.165) is 5.56 Å². The van der Waals surface area contributed by atoms with E-state index in [1.807, 2.05) is 30.3 Å². The lowest BCUT2D eigenvalue weighted by atomic mass is 10.0. The maximum atomic E-state index is 11.5. The number of hydrogen-bond donors (Lipinski definition) is 1. The predicted octanol–water partition coefficient (Wildman–Crippen LogP) is 2.30. The number of aliphatic hydroxyl groups excluding tert-OH is 1. The standard InChI is InChI=1S/C14H18O3/c1-2-6-13(10-15)9-14(16)17-11-12-7-4-3-5-8-12/h2-5,7-8,13,15H,1,6,9-11H2/t13-/m1/s1. The Morgan fingerprint density at radius 2 is 2.12 bits per heavy atom. The van der Waals surface area contributed by atoms with Crippen molar-refractivity contribution in [3.8, 4) is 0 Å². The fourth-order valence-corrected chi connectivity index (χ4v) is 1.49. The number of carbonyl (C=O) groups excluding carboxylic acids is 1. The third-order valence-corrected chi connectivity index (χ3v) is 2.46. The molecular weight excluding hydrogens is 216 g/mol. The van der Waals surface area contributed by atoms with Crippen molar-refractivity contribution in [1.29, 1.82) is 0 Å². The van der Waals surface area contributed by atoms with E-state index >= 15 is 0 Å². The Morgan fingerprint density at radius 1 is 1.41 bits per heavy atom. The Morgan fingerprint density at radius 3 is 2.71 bits per heavy atom. The molecule has 17 heavy (non-hydrogen) atoms. The van der Waals surface area contributed by atoms with Gasteiger partial charge in [0.25, 0.3) is 0 Å². The van der Waals surface area contributed by atoms with Crippen molar-refractivity contribution in [2.24, 2.45) is 5.92 Å². The first-order valence-electron chi connectivity index (χ1n) is 5.67. The lowest BCUT2D eigenvalue weighted by Gasteiger charge is -2.11. The molecule has 1 aromatic carbocycles. The molecule has 1 rings (SSSR count). The van der Waals surface area contributed by atoms with Crippen LogP contribution in [0.2, 0.25) is 0 Å². The van der Waals surface area contributed by atoms with Crippen LogP contribution in [0.25, 0.3) is 0 Å². The van der Waals surface area contributed by atoms with Gasteiger partial charge < -0.3 is 9.84 Å². The van der Waals surface area contributed by atoms with Gasteiger partial charge in [0, 0.05) is 6.61 Å². The van der Waals surface area contributed by atoms with Crippen LogP contribution in [0.1, 0.15) is 18.4 Å². The number of carbonyl (C=O) groups is 1. The summed E-state index contributed by atoms with van der Waals surface area (Å²) in [5.41, 5.74) is 0.963. The molecule has 1 atom stereocenters. The summed E-state index contributed by atoms with van der Waals surface area (Å²) in [6.45, 7) is 3.85. The zero-order valence-electron chi connectivity index (χ0n) is 9.84. The second-order valence-electron chi connectivity index (χ2n) is 3.92. The Bertz CT molecular complexity index is 346. The highest BCUT2D eigenvalue weighted by Crippen LogP contribution is 2.10. The highest BCUT2D eigenvalue weighted by molar-refractivity contribution is 5.69. The molecule has 0 spiro atoms. The third kappa shape index (κ3) is 5.31. The maximum Gasteiger partial charge on any atom is 0.306 e. The molecule has 0 aliphatic heterocycles. The number of esters is 1. The van der Waals surface area contributed by atoms with Gasteiger partial charge in [-0.3, -0.25) is 4.79 Å². The minimum Gasteiger partial charge on any atom is -0.461 e. The number of benzene rings is 1. The Labute approximate surface area is 102 Å². The summed E-state index contributed by atoms with van der Waals surface area (Å²) in [5.74, 6) is -0.370. The molecule has 0 aliphatic rings. The average Bonchev–Trinajstić information content (AvgIpc) is 2.37. The van der Waals surface area contributed by atoms with Gasteiger partial charge in [-0.05, 0) is 17.9 Å². The van der Waals surface area contributed by atoms with Crippen molar-refractivity contribution in [1.82, 2.24) is 0 Å². The minimum atomic E-state index is -0.283. The van der Waals surface area contributed by atoms with Crippen molar-refractivity contribution >= 4 is 5.97 Å². The van der Waals surface area contributed by atoms with Crippen molar-refractivity contribution in [2.45, 2.75) is 19.4 Å². The molecule has 92 valence electrons. The van der Waals surface area contributed by atoms with Gasteiger partial charge in [-0.25, -0.2) is 0 Å². The number of aliphatic hydroxyl groups is 1. The largest absolute Gasteiger partial charge is 0.461 e. The molecule has 1 N–H and O–H groups in total. The van der Waals surface area contributed by atoms with E-state index in [1.54, 1.807) is 6.08 Å². The Kier molecular flexibility index (Phi) is 6.04. The van der Waals surface area contributed by atoms with Gasteiger partial charge in [0.2, 0.25) is 0 Å². The molecule has 0 heterocycles. The summed E-state index contributed by atoms with van der Waals surface area (Å²) >= 11 is 0. The van der Waals surface area contributed by atoms with E-state index in [4.69, 9.17) is 9.84 Å². The first kappa shape index (κ1) is 13.5. The number of hydrogen-bond acceptors (Lipinski definition) is 3. The van der Waals surface area contributed by atoms with E-state index in [1.165, 1.54) is 0 Å². The second kappa shape index (κ2) is 7.63. The van der Waals surface area contributed by atoms with E-state index in [-0.39, 0.29) is 31.5 Å². The topological polar surface area (TPSA) is 46.5 Å². The molecule has 0 radical (unpaired) electrons. The van der Waals surface area contributed by atoms with Crippen molar-refractivity contribution in [2.75, 3.05) is 6.61 Å². The van der Waals surface area contributed by atoms with Crippen LogP contribution in [0.4, 0.5) is 0 Å². The van der Waals surface area contributed by atoms with Crippen LogP contribution in [0, 0.1) is 5.92 Å². The van der Waals surface area contributed by atoms with E-state index in [0.29, 0.717) is 6.42 Å². The lowest BCUT2D eigenvalue weighted by Crippen LogP contribution is -2.14. The second-order valence-corrected chi connectivity index (χ2v) is 3.92. The van der Waals surface area contributed by atoms with Crippen LogP contribution in [-0.2, 0) is 16.1 Å². The predicted molar refractivity (Wildman–Crippen MR) is 66.2 cm³/mol. The number of ether oxygens (including phenoxy) is 1. The first-order valence-corrected chi connectivity index (χ1v) is 5.67. The SMILES string of the molecule is C=CC[C@@H](CO)CC(=O)OCc1ccccc1. The lowest BCUT2D eigenvalue weighted by molar-refractivity contribution is -0.146. The number of allylic oxidation sites excluding steroid dienone is 1. The normalized spacial score (nSPS) is 11.8. The quantitative estimate of drug-likeness (QED) is 0.581. The average molecular weight is 234 g/mol. The molecule has 0 bridgehead atoms. The highest BCUT2D eigenvalue weighted by atomic mass is 16.5. The zero-order valence-corrected chi connectivity index (χ0v) is 9.84. The van der Waals surface area contributed by atoms with Crippen molar-refractivity contribution in [3.63, 3.8) is 0 Å². The molecule has 0 saturated heterocycles. The fraction of sp³-hybridized carbons (Fsp3) is 0.357. The summed E-state index contributed by atoms with van der Waals surface area (Å²) in [6, 6.07) is 9.52. The first-order chi connectivity index (χ1) is 8.26. The van der Waals surface area contributed by atoms with Gasteiger partial charge in [0.1, 0.15) is 6.61 Å². The molecule has 0 amide bonds. The van der Waals surface area contributed by atoms with Gasteiger partial charge in [-0.2, -0.15) is 0 Å². The van der Waals surface area contributed by atoms with E-state index in [9.17, 15) is 4.79 Å². The molecule has 0 saturated carbocycles. The van der Waals surface area contributed by atoms with Crippen LogP contribution >= 0.6 is 0 Å². The zero-order chi connectivity index (χ0) is 12.5. The van der Waals surface area contributed by atoms with E-state index in [2.05, 4.69) is 6.58 Å². The van der Waals surface area contributed by atoms with Gasteiger partial charge in [0.15, 0.2) is 0 Å². The van der Waals surface area contributed by atoms with E-state index < -0.39 is 0 Å². The molecule has 1 aromatic rings. The van der Waals surface area contributed by atoms with Gasteiger partial charge >= 0.3 is 5.97 Å². The van der Waals surface area contributed by atoms with Crippen LogP contribution in [0.3, 0.4) is 0 Å². The highest BCUT2D eigenvalue weighted by Gasteiger charge is 2.12. The maximum absolute atomic E-state index is 11.5. The molecule has 0 aliphatic carbocycles. The smallest absolute Gasteiger partial charge is 0.306 e. The molecule has 3 heteroatoms. The molecule has 0 fully saturated rings. The van der Waals surface area contributed by atoms with Gasteiger partial charge in [-0.15, -0.1) is 6.58 Å². The third-order valence-electron chi connectivity index (χ3n) is 2.46. The van der Waals surface area contributed by atoms with Crippen LogP contribution in [0.15, 0.2) is 43.0 Å². The summed E-state index contributed by atoms with van der Waals surface area (Å²) < 4.78 is 5.12. The summed E-state index contributed by atoms with van der Waals surface area (Å²) in [4.78, 5) is 11.5. The summed E-state index contributed by atoms with van der Waals surface area (Å²) in [7, 11) is 0. The molecule has 0 unspecified atom stereocenters. The van der Waals surface area contributed by atoms with Crippen LogP contribution in [0.5, 0.6) is 0 Å². The minimum absolute atomic E-state index is 0.0214. The molecule has 3 nitrogen and oxygen atoms in total. The van der Waals surface area contributed by atoms with Gasteiger partial charge in [0.05, 0.1) is 6.42 Å². The monoisotopic (exact) mass is 234 g/mol. The summed E-state index contributed by atoms with van der Waals surface area (Å²) in [6.07, 6.45) is 2.55. The summed E-state index contributed by atoms with van der Waals surface area (Å²) in [5, 5.41) is 9.04. The number of rotatable bonds is 7. The van der Waals surface area contributed by atoms with Gasteiger partial charge in [-0.1, -0.05) is 36.4 Å². The fourth-order valence-electron chi connectivity index (χ4n) is 1.49. The van der Waals surface area contributed by atoms with Crippen LogP contribution in [-0.4, -0.2) is 17.7 Å². The van der Waals surface area contributed by atoms with Crippen molar-refractivity contribution < 1.29 is 14.6 Å². The van der Waals surface area contributed by atoms with Crippen molar-refractivity contribution in [3.05, 3.63) is 48.6 Å². The Hall–Kier alpha value is -1.61.